The van der Waals surface area contributed by atoms with Crippen LogP contribution in [-0.2, 0) is 6.42 Å². The molecule has 0 bridgehead atoms. The smallest absolute Gasteiger partial charge is 0.191 e. The van der Waals surface area contributed by atoms with E-state index < -0.39 is 0 Å². The first-order valence-corrected chi connectivity index (χ1v) is 10.2. The van der Waals surface area contributed by atoms with Crippen LogP contribution in [0.5, 0.6) is 0 Å². The highest BCUT2D eigenvalue weighted by Gasteiger charge is 2.33. The van der Waals surface area contributed by atoms with E-state index in [1.165, 1.54) is 42.1 Å². The molecule has 142 valence electrons. The Labute approximate surface area is 173 Å². The van der Waals surface area contributed by atoms with Crippen molar-refractivity contribution in [2.24, 2.45) is 10.9 Å². The van der Waals surface area contributed by atoms with E-state index in [1.54, 1.807) is 11.3 Å². The van der Waals surface area contributed by atoms with Gasteiger partial charge in [0.25, 0.3) is 0 Å². The Morgan fingerprint density at radius 3 is 2.72 bits per heavy atom. The lowest BCUT2D eigenvalue weighted by Crippen LogP contribution is -2.39. The molecular weight excluding hydrogens is 445 g/mol. The van der Waals surface area contributed by atoms with Crippen LogP contribution < -0.4 is 10.6 Å². The largest absolute Gasteiger partial charge is 0.357 e. The summed E-state index contributed by atoms with van der Waals surface area (Å²) >= 11 is 1.78. The average Bonchev–Trinajstić information content (AvgIpc) is 3.46. The Hall–Kier alpha value is -0.410. The van der Waals surface area contributed by atoms with Gasteiger partial charge in [-0.25, -0.2) is 4.98 Å². The fourth-order valence-corrected chi connectivity index (χ4v) is 3.72. The highest BCUT2D eigenvalue weighted by Crippen LogP contribution is 2.34. The topological polar surface area (TPSA) is 52.6 Å². The second-order valence-electron chi connectivity index (χ2n) is 6.97. The van der Waals surface area contributed by atoms with E-state index in [2.05, 4.69) is 34.4 Å². The number of guanidine groups is 1. The summed E-state index contributed by atoms with van der Waals surface area (Å²) in [6.45, 7) is 9.29. The number of aromatic nitrogens is 1. The Morgan fingerprint density at radius 1 is 1.32 bits per heavy atom. The minimum atomic E-state index is 0. The van der Waals surface area contributed by atoms with Crippen molar-refractivity contribution < 1.29 is 0 Å². The van der Waals surface area contributed by atoms with Gasteiger partial charge < -0.3 is 10.6 Å². The molecule has 0 saturated heterocycles. The second kappa shape index (κ2) is 10.7. The van der Waals surface area contributed by atoms with Gasteiger partial charge in [0.2, 0.25) is 0 Å². The molecule has 0 amide bonds. The van der Waals surface area contributed by atoms with Crippen molar-refractivity contribution in [1.29, 1.82) is 0 Å². The Balaban J connectivity index is 0.00000225. The molecule has 2 aliphatic rings. The molecule has 0 aromatic carbocycles. The summed E-state index contributed by atoms with van der Waals surface area (Å²) in [5.74, 6) is 1.91. The van der Waals surface area contributed by atoms with Crippen molar-refractivity contribution in [3.05, 3.63) is 16.1 Å². The fourth-order valence-electron chi connectivity index (χ4n) is 2.93. The molecule has 5 nitrogen and oxygen atoms in total. The highest BCUT2D eigenvalue weighted by atomic mass is 127. The molecule has 7 heteroatoms. The van der Waals surface area contributed by atoms with Crippen LogP contribution in [0.25, 0.3) is 0 Å². The zero-order valence-corrected chi connectivity index (χ0v) is 18.6. The van der Waals surface area contributed by atoms with Gasteiger partial charge in [-0.3, -0.25) is 9.89 Å². The first-order valence-electron chi connectivity index (χ1n) is 9.42. The minimum absolute atomic E-state index is 0. The normalized spacial score (nSPS) is 17.5. The Kier molecular flexibility index (Phi) is 8.92. The van der Waals surface area contributed by atoms with Crippen LogP contribution in [0.3, 0.4) is 0 Å². The molecule has 2 saturated carbocycles. The predicted octanol–water partition coefficient (Wildman–Crippen LogP) is 3.04. The third-order valence-electron chi connectivity index (χ3n) is 4.55. The number of halogens is 1. The van der Waals surface area contributed by atoms with Gasteiger partial charge in [-0.05, 0) is 45.4 Å². The minimum Gasteiger partial charge on any atom is -0.357 e. The first-order chi connectivity index (χ1) is 11.7. The van der Waals surface area contributed by atoms with Gasteiger partial charge in [0, 0.05) is 49.7 Å². The van der Waals surface area contributed by atoms with E-state index in [4.69, 9.17) is 4.99 Å². The van der Waals surface area contributed by atoms with E-state index in [0.717, 1.165) is 50.5 Å². The molecule has 0 radical (unpaired) electrons. The van der Waals surface area contributed by atoms with E-state index in [9.17, 15) is 0 Å². The van der Waals surface area contributed by atoms with E-state index in [0.29, 0.717) is 0 Å². The summed E-state index contributed by atoms with van der Waals surface area (Å²) in [6.07, 6.45) is 8.56. The maximum Gasteiger partial charge on any atom is 0.191 e. The van der Waals surface area contributed by atoms with E-state index in [-0.39, 0.29) is 24.0 Å². The number of aliphatic imine (C=N–C) groups is 1. The van der Waals surface area contributed by atoms with Gasteiger partial charge in [-0.1, -0.05) is 0 Å². The van der Waals surface area contributed by atoms with Crippen LogP contribution >= 0.6 is 35.3 Å². The molecule has 1 aromatic rings. The van der Waals surface area contributed by atoms with Gasteiger partial charge in [-0.2, -0.15) is 0 Å². The maximum atomic E-state index is 4.76. The average molecular weight is 477 g/mol. The molecular formula is C18H32IN5S. The molecule has 1 aromatic heterocycles. The number of aryl methyl sites for hydroxylation is 1. The zero-order chi connectivity index (χ0) is 16.8. The standard InChI is InChI=1S/C18H31N5S.HI/c1-3-19-18(20-9-8-17-22-12-14(2)24-17)21-10-11-23(16-6-7-16)13-15-4-5-15;/h12,15-16H,3-11,13H2,1-2H3,(H2,19,20,21);1H. The summed E-state index contributed by atoms with van der Waals surface area (Å²) < 4.78 is 0. The number of hydrogen-bond donors (Lipinski definition) is 2. The molecule has 1 heterocycles. The van der Waals surface area contributed by atoms with Crippen molar-refractivity contribution in [2.75, 3.05) is 32.7 Å². The van der Waals surface area contributed by atoms with Gasteiger partial charge in [-0.15, -0.1) is 35.3 Å². The fraction of sp³-hybridized carbons (Fsp3) is 0.778. The van der Waals surface area contributed by atoms with Crippen LogP contribution in [0.15, 0.2) is 11.2 Å². The van der Waals surface area contributed by atoms with Crippen molar-refractivity contribution >= 4 is 41.3 Å². The first kappa shape index (κ1) is 20.9. The zero-order valence-electron chi connectivity index (χ0n) is 15.5. The van der Waals surface area contributed by atoms with Gasteiger partial charge >= 0.3 is 0 Å². The number of thiazole rings is 1. The lowest BCUT2D eigenvalue weighted by atomic mass is 10.3. The van der Waals surface area contributed by atoms with Crippen molar-refractivity contribution in [3.8, 4) is 0 Å². The molecule has 0 atom stereocenters. The quantitative estimate of drug-likeness (QED) is 0.309. The Bertz CT molecular complexity index is 539. The van der Waals surface area contributed by atoms with Crippen LogP contribution in [0.2, 0.25) is 0 Å². The number of hydrogen-bond acceptors (Lipinski definition) is 4. The lowest BCUT2D eigenvalue weighted by Gasteiger charge is -2.21. The van der Waals surface area contributed by atoms with E-state index in [1.807, 2.05) is 6.20 Å². The molecule has 0 unspecified atom stereocenters. The van der Waals surface area contributed by atoms with Crippen molar-refractivity contribution in [2.45, 2.75) is 52.0 Å². The molecule has 0 aliphatic heterocycles. The molecule has 3 rings (SSSR count). The van der Waals surface area contributed by atoms with E-state index >= 15 is 0 Å². The van der Waals surface area contributed by atoms with Gasteiger partial charge in [0.1, 0.15) is 0 Å². The van der Waals surface area contributed by atoms with Crippen molar-refractivity contribution in [3.63, 3.8) is 0 Å². The third-order valence-corrected chi connectivity index (χ3v) is 5.53. The second-order valence-corrected chi connectivity index (χ2v) is 8.29. The number of rotatable bonds is 10. The van der Waals surface area contributed by atoms with Crippen LogP contribution in [0.1, 0.15) is 42.5 Å². The highest BCUT2D eigenvalue weighted by molar-refractivity contribution is 14.0. The van der Waals surface area contributed by atoms with Crippen LogP contribution in [0, 0.1) is 12.8 Å². The number of nitrogens with zero attached hydrogens (tertiary/aromatic N) is 3. The lowest BCUT2D eigenvalue weighted by molar-refractivity contribution is 0.260. The summed E-state index contributed by atoms with van der Waals surface area (Å²) in [5, 5.41) is 7.98. The molecule has 2 N–H and O–H groups in total. The summed E-state index contributed by atoms with van der Waals surface area (Å²) in [7, 11) is 0. The summed E-state index contributed by atoms with van der Waals surface area (Å²) in [4.78, 5) is 13.1. The molecule has 25 heavy (non-hydrogen) atoms. The number of nitrogens with one attached hydrogen (secondary N) is 2. The molecule has 2 aliphatic carbocycles. The van der Waals surface area contributed by atoms with Gasteiger partial charge in [0.05, 0.1) is 11.6 Å². The summed E-state index contributed by atoms with van der Waals surface area (Å²) in [6, 6.07) is 0.851. The molecule has 0 spiro atoms. The predicted molar refractivity (Wildman–Crippen MR) is 117 cm³/mol. The van der Waals surface area contributed by atoms with Crippen molar-refractivity contribution in [1.82, 2.24) is 20.5 Å². The van der Waals surface area contributed by atoms with Crippen LogP contribution in [0.4, 0.5) is 0 Å². The van der Waals surface area contributed by atoms with Gasteiger partial charge in [0.15, 0.2) is 5.96 Å². The SMILES string of the molecule is CCNC(=NCCN(CC1CC1)C1CC1)NCCc1ncc(C)s1.I. The Morgan fingerprint density at radius 2 is 2.12 bits per heavy atom. The molecule has 2 fully saturated rings. The summed E-state index contributed by atoms with van der Waals surface area (Å²) in [5.41, 5.74) is 0. The third kappa shape index (κ3) is 7.78. The van der Waals surface area contributed by atoms with Crippen LogP contribution in [-0.4, -0.2) is 54.6 Å². The maximum absolute atomic E-state index is 4.76. The monoisotopic (exact) mass is 477 g/mol.